The minimum absolute atomic E-state index is 0.0358. The summed E-state index contributed by atoms with van der Waals surface area (Å²) in [7, 11) is 0. The zero-order chi connectivity index (χ0) is 17.7. The highest BCUT2D eigenvalue weighted by molar-refractivity contribution is 6.39. The lowest BCUT2D eigenvalue weighted by molar-refractivity contribution is -0.136. The van der Waals surface area contributed by atoms with Crippen LogP contribution in [-0.4, -0.2) is 34.6 Å². The first-order valence-electron chi connectivity index (χ1n) is 8.19. The number of hydrogen-bond donors (Lipinski definition) is 3. The van der Waals surface area contributed by atoms with E-state index in [0.29, 0.717) is 11.6 Å². The second kappa shape index (κ2) is 7.97. The summed E-state index contributed by atoms with van der Waals surface area (Å²) in [6.45, 7) is 7.27. The van der Waals surface area contributed by atoms with Gasteiger partial charge in [0, 0.05) is 42.5 Å². The lowest BCUT2D eigenvalue weighted by atomic mass is 10.2. The summed E-state index contributed by atoms with van der Waals surface area (Å²) in [5.41, 5.74) is 1.68. The van der Waals surface area contributed by atoms with Crippen LogP contribution in [0.25, 0.3) is 10.9 Å². The number of carbonyl (C=O) groups is 2. The van der Waals surface area contributed by atoms with Crippen LogP contribution in [0, 0.1) is 11.8 Å². The van der Waals surface area contributed by atoms with Gasteiger partial charge in [0.15, 0.2) is 0 Å². The highest BCUT2D eigenvalue weighted by Gasteiger charge is 2.15. The maximum atomic E-state index is 11.9. The molecule has 0 aliphatic carbocycles. The summed E-state index contributed by atoms with van der Waals surface area (Å²) in [6, 6.07) is 7.59. The average Bonchev–Trinajstić information content (AvgIpc) is 2.93. The van der Waals surface area contributed by atoms with Crippen molar-refractivity contribution in [3.63, 3.8) is 0 Å². The predicted molar refractivity (Wildman–Crippen MR) is 94.7 cm³/mol. The monoisotopic (exact) mass is 331 g/mol. The zero-order valence-corrected chi connectivity index (χ0v) is 14.4. The molecule has 0 saturated heterocycles. The minimum Gasteiger partial charge on any atom is -0.396 e. The number of anilines is 1. The van der Waals surface area contributed by atoms with E-state index in [1.807, 2.05) is 24.4 Å². The van der Waals surface area contributed by atoms with E-state index in [0.717, 1.165) is 17.4 Å². The molecular formula is C18H25N3O3. The summed E-state index contributed by atoms with van der Waals surface area (Å²) in [6.07, 6.45) is 2.03. The van der Waals surface area contributed by atoms with Gasteiger partial charge in [0.25, 0.3) is 0 Å². The Morgan fingerprint density at radius 1 is 1.17 bits per heavy atom. The van der Waals surface area contributed by atoms with E-state index in [2.05, 4.69) is 29.0 Å². The molecule has 2 amide bonds. The Labute approximate surface area is 141 Å². The van der Waals surface area contributed by atoms with Crippen molar-refractivity contribution in [3.05, 3.63) is 30.5 Å². The van der Waals surface area contributed by atoms with Crippen LogP contribution < -0.4 is 10.6 Å². The third-order valence-corrected chi connectivity index (χ3v) is 3.72. The van der Waals surface area contributed by atoms with Crippen LogP contribution in [0.5, 0.6) is 0 Å². The molecule has 1 heterocycles. The Hall–Kier alpha value is -2.34. The topological polar surface area (TPSA) is 83.4 Å². The van der Waals surface area contributed by atoms with Gasteiger partial charge in [-0.3, -0.25) is 9.59 Å². The molecule has 130 valence electrons. The number of fused-ring (bicyclic) bond motifs is 1. The number of hydrogen-bond acceptors (Lipinski definition) is 3. The molecule has 2 rings (SSSR count). The fourth-order valence-electron chi connectivity index (χ4n) is 2.43. The lowest BCUT2D eigenvalue weighted by Crippen LogP contribution is -2.38. The molecule has 0 radical (unpaired) electrons. The van der Waals surface area contributed by atoms with Gasteiger partial charge in [0.2, 0.25) is 0 Å². The predicted octanol–water partition coefficient (Wildman–Crippen LogP) is 1.98. The number of rotatable bonds is 6. The van der Waals surface area contributed by atoms with Crippen molar-refractivity contribution >= 4 is 28.4 Å². The highest BCUT2D eigenvalue weighted by atomic mass is 16.3. The fraction of sp³-hybridized carbons (Fsp3) is 0.444. The number of nitrogens with zero attached hydrogens (tertiary/aromatic N) is 1. The summed E-state index contributed by atoms with van der Waals surface area (Å²) in [5, 5.41) is 15.0. The Balaban J connectivity index is 2.02. The van der Waals surface area contributed by atoms with Gasteiger partial charge in [0.05, 0.1) is 0 Å². The van der Waals surface area contributed by atoms with Crippen LogP contribution >= 0.6 is 0 Å². The molecule has 6 heteroatoms. The molecular weight excluding hydrogens is 306 g/mol. The van der Waals surface area contributed by atoms with E-state index in [1.54, 1.807) is 13.0 Å². The van der Waals surface area contributed by atoms with E-state index in [-0.39, 0.29) is 19.1 Å². The fourth-order valence-corrected chi connectivity index (χ4v) is 2.43. The Kier molecular flexibility index (Phi) is 5.98. The van der Waals surface area contributed by atoms with Gasteiger partial charge in [-0.2, -0.15) is 0 Å². The van der Waals surface area contributed by atoms with Crippen LogP contribution in [0.4, 0.5) is 5.69 Å². The van der Waals surface area contributed by atoms with Crippen molar-refractivity contribution in [1.29, 1.82) is 0 Å². The molecule has 6 nitrogen and oxygen atoms in total. The molecule has 1 aromatic heterocycles. The number of nitrogens with one attached hydrogen (secondary N) is 2. The molecule has 0 fully saturated rings. The van der Waals surface area contributed by atoms with Gasteiger partial charge in [-0.25, -0.2) is 0 Å². The van der Waals surface area contributed by atoms with Gasteiger partial charge >= 0.3 is 11.8 Å². The summed E-state index contributed by atoms with van der Waals surface area (Å²) < 4.78 is 2.18. The molecule has 3 N–H and O–H groups in total. The Morgan fingerprint density at radius 2 is 1.92 bits per heavy atom. The van der Waals surface area contributed by atoms with E-state index in [9.17, 15) is 9.59 Å². The number of aliphatic hydroxyl groups excluding tert-OH is 1. The number of aliphatic hydroxyl groups is 1. The molecule has 1 atom stereocenters. The molecule has 0 spiro atoms. The van der Waals surface area contributed by atoms with Crippen molar-refractivity contribution < 1.29 is 14.7 Å². The molecule has 1 aromatic carbocycles. The molecule has 0 aliphatic rings. The normalized spacial score (nSPS) is 12.4. The SMILES string of the molecule is CC(C)Cn1ccc2cc(NC(=O)C(=O)NCC(C)CO)ccc21. The van der Waals surface area contributed by atoms with Crippen molar-refractivity contribution in [1.82, 2.24) is 9.88 Å². The molecule has 1 unspecified atom stereocenters. The van der Waals surface area contributed by atoms with Crippen molar-refractivity contribution in [3.8, 4) is 0 Å². The highest BCUT2D eigenvalue weighted by Crippen LogP contribution is 2.21. The summed E-state index contributed by atoms with van der Waals surface area (Å²) >= 11 is 0. The van der Waals surface area contributed by atoms with E-state index in [1.165, 1.54) is 0 Å². The average molecular weight is 331 g/mol. The van der Waals surface area contributed by atoms with Crippen molar-refractivity contribution in [2.75, 3.05) is 18.5 Å². The lowest BCUT2D eigenvalue weighted by Gasteiger charge is -2.11. The molecule has 0 bridgehead atoms. The maximum Gasteiger partial charge on any atom is 0.313 e. The smallest absolute Gasteiger partial charge is 0.313 e. The van der Waals surface area contributed by atoms with E-state index < -0.39 is 11.8 Å². The van der Waals surface area contributed by atoms with Crippen LogP contribution in [0.3, 0.4) is 0 Å². The molecule has 24 heavy (non-hydrogen) atoms. The van der Waals surface area contributed by atoms with Gasteiger partial charge in [-0.1, -0.05) is 20.8 Å². The van der Waals surface area contributed by atoms with Crippen LogP contribution in [0.15, 0.2) is 30.5 Å². The molecule has 0 saturated carbocycles. The van der Waals surface area contributed by atoms with Crippen LogP contribution in [-0.2, 0) is 16.1 Å². The van der Waals surface area contributed by atoms with Crippen molar-refractivity contribution in [2.45, 2.75) is 27.3 Å². The van der Waals surface area contributed by atoms with Gasteiger partial charge in [0.1, 0.15) is 0 Å². The van der Waals surface area contributed by atoms with Gasteiger partial charge < -0.3 is 20.3 Å². The summed E-state index contributed by atoms with van der Waals surface area (Å²) in [4.78, 5) is 23.7. The quantitative estimate of drug-likeness (QED) is 0.708. The Bertz CT molecular complexity index is 721. The first-order valence-corrected chi connectivity index (χ1v) is 8.19. The van der Waals surface area contributed by atoms with E-state index in [4.69, 9.17) is 5.11 Å². The first-order chi connectivity index (χ1) is 11.4. The number of carbonyl (C=O) groups excluding carboxylic acids is 2. The Morgan fingerprint density at radius 3 is 2.58 bits per heavy atom. The third kappa shape index (κ3) is 4.58. The van der Waals surface area contributed by atoms with E-state index >= 15 is 0 Å². The van der Waals surface area contributed by atoms with Crippen LogP contribution in [0.2, 0.25) is 0 Å². The van der Waals surface area contributed by atoms with Crippen molar-refractivity contribution in [2.24, 2.45) is 11.8 Å². The summed E-state index contributed by atoms with van der Waals surface area (Å²) in [5.74, 6) is -0.947. The molecule has 0 aliphatic heterocycles. The van der Waals surface area contributed by atoms with Crippen LogP contribution in [0.1, 0.15) is 20.8 Å². The molecule has 2 aromatic rings. The number of benzene rings is 1. The zero-order valence-electron chi connectivity index (χ0n) is 14.4. The maximum absolute atomic E-state index is 11.9. The van der Waals surface area contributed by atoms with Gasteiger partial charge in [-0.05, 0) is 36.1 Å². The number of amides is 2. The third-order valence-electron chi connectivity index (χ3n) is 3.72. The van der Waals surface area contributed by atoms with Gasteiger partial charge in [-0.15, -0.1) is 0 Å². The number of aromatic nitrogens is 1. The second-order valence-corrected chi connectivity index (χ2v) is 6.59. The standard InChI is InChI=1S/C18H25N3O3/c1-12(2)10-21-7-6-14-8-15(4-5-16(14)21)20-18(24)17(23)19-9-13(3)11-22/h4-8,12-13,22H,9-11H2,1-3H3,(H,19,23)(H,20,24). The second-order valence-electron chi connectivity index (χ2n) is 6.59. The largest absolute Gasteiger partial charge is 0.396 e. The minimum atomic E-state index is -0.707. The first kappa shape index (κ1) is 18.0.